The van der Waals surface area contributed by atoms with Gasteiger partial charge in [0, 0.05) is 22.6 Å². The molecule has 1 amide bonds. The van der Waals surface area contributed by atoms with Crippen LogP contribution >= 0.6 is 0 Å². The molecule has 110 valence electrons. The molecule has 1 aromatic heterocycles. The lowest BCUT2D eigenvalue weighted by atomic mass is 10.1. The number of fused-ring (bicyclic) bond motifs is 1. The fourth-order valence-electron chi connectivity index (χ4n) is 2.23. The third-order valence-electron chi connectivity index (χ3n) is 3.21. The Hall–Kier alpha value is -3.21. The van der Waals surface area contributed by atoms with E-state index >= 15 is 0 Å². The summed E-state index contributed by atoms with van der Waals surface area (Å²) in [4.78, 5) is 10.9. The quantitative estimate of drug-likeness (QED) is 0.647. The van der Waals surface area contributed by atoms with Crippen LogP contribution in [0.15, 0.2) is 53.0 Å². The van der Waals surface area contributed by atoms with E-state index in [0.29, 0.717) is 22.3 Å². The molecule has 0 aliphatic heterocycles. The maximum absolute atomic E-state index is 10.9. The maximum Gasteiger partial charge on any atom is 0.241 e. The summed E-state index contributed by atoms with van der Waals surface area (Å²) >= 11 is 0. The van der Waals surface area contributed by atoms with Crippen LogP contribution in [-0.2, 0) is 4.79 Å². The molecule has 3 rings (SSSR count). The average Bonchev–Trinajstić information content (AvgIpc) is 2.89. The van der Waals surface area contributed by atoms with Crippen molar-refractivity contribution in [2.24, 2.45) is 5.73 Å². The second-order valence-electron chi connectivity index (χ2n) is 4.85. The van der Waals surface area contributed by atoms with Crippen LogP contribution in [0.4, 0.5) is 0 Å². The molecule has 5 nitrogen and oxygen atoms in total. The third-order valence-corrected chi connectivity index (χ3v) is 3.21. The molecule has 0 bridgehead atoms. The van der Waals surface area contributed by atoms with Gasteiger partial charge in [0.1, 0.15) is 22.8 Å². The number of rotatable bonds is 3. The number of aromatic hydroxyl groups is 2. The van der Waals surface area contributed by atoms with Gasteiger partial charge in [-0.3, -0.25) is 4.79 Å². The second kappa shape index (κ2) is 5.29. The van der Waals surface area contributed by atoms with Gasteiger partial charge in [-0.2, -0.15) is 0 Å². The van der Waals surface area contributed by atoms with Gasteiger partial charge in [-0.1, -0.05) is 0 Å². The first-order valence-corrected chi connectivity index (χ1v) is 6.56. The lowest BCUT2D eigenvalue weighted by molar-refractivity contribution is -0.113. The standard InChI is InChI=1S/C17H13NO4/c18-16(21)6-3-11-7-14(20)8-12-9-15(22-17(11)12)10-1-4-13(19)5-2-10/h1-9,19-20H,(H2,18,21)/b6-3+. The summed E-state index contributed by atoms with van der Waals surface area (Å²) in [6.07, 6.45) is 2.70. The Morgan fingerprint density at radius 2 is 1.77 bits per heavy atom. The minimum Gasteiger partial charge on any atom is -0.508 e. The third kappa shape index (κ3) is 2.64. The van der Waals surface area contributed by atoms with Gasteiger partial charge in [0.25, 0.3) is 0 Å². The van der Waals surface area contributed by atoms with Crippen molar-refractivity contribution in [2.75, 3.05) is 0 Å². The van der Waals surface area contributed by atoms with Crippen molar-refractivity contribution >= 4 is 23.0 Å². The molecule has 0 aliphatic carbocycles. The summed E-state index contributed by atoms with van der Waals surface area (Å²) in [6.45, 7) is 0. The highest BCUT2D eigenvalue weighted by molar-refractivity contribution is 5.95. The van der Waals surface area contributed by atoms with Crippen molar-refractivity contribution in [2.45, 2.75) is 0 Å². The highest BCUT2D eigenvalue weighted by Crippen LogP contribution is 2.33. The molecule has 0 aliphatic rings. The monoisotopic (exact) mass is 295 g/mol. The maximum atomic E-state index is 10.9. The van der Waals surface area contributed by atoms with E-state index in [9.17, 15) is 15.0 Å². The zero-order chi connectivity index (χ0) is 15.7. The zero-order valence-electron chi connectivity index (χ0n) is 11.5. The number of benzene rings is 2. The summed E-state index contributed by atoms with van der Waals surface area (Å²) in [5, 5.41) is 19.8. The highest BCUT2D eigenvalue weighted by atomic mass is 16.3. The molecule has 0 radical (unpaired) electrons. The van der Waals surface area contributed by atoms with Crippen molar-refractivity contribution in [3.8, 4) is 22.8 Å². The Morgan fingerprint density at radius 3 is 2.45 bits per heavy atom. The summed E-state index contributed by atoms with van der Waals surface area (Å²) in [5.74, 6) is 0.244. The molecule has 0 saturated heterocycles. The molecule has 2 aromatic carbocycles. The van der Waals surface area contributed by atoms with Crippen molar-refractivity contribution < 1.29 is 19.4 Å². The SMILES string of the molecule is NC(=O)/C=C/c1cc(O)cc2cc(-c3ccc(O)cc3)oc12. The molecule has 1 heterocycles. The largest absolute Gasteiger partial charge is 0.508 e. The average molecular weight is 295 g/mol. The number of carbonyl (C=O) groups excluding carboxylic acids is 1. The number of phenols is 2. The number of phenolic OH excluding ortho intramolecular Hbond substituents is 2. The van der Waals surface area contributed by atoms with Crippen LogP contribution in [0, 0.1) is 0 Å². The topological polar surface area (TPSA) is 96.7 Å². The highest BCUT2D eigenvalue weighted by Gasteiger charge is 2.10. The Balaban J connectivity index is 2.14. The van der Waals surface area contributed by atoms with E-state index in [4.69, 9.17) is 10.2 Å². The fraction of sp³-hybridized carbons (Fsp3) is 0. The van der Waals surface area contributed by atoms with Gasteiger partial charge in [0.05, 0.1) is 0 Å². The Bertz CT molecular complexity index is 876. The summed E-state index contributed by atoms with van der Waals surface area (Å²) < 4.78 is 5.82. The predicted molar refractivity (Wildman–Crippen MR) is 83.2 cm³/mol. The van der Waals surface area contributed by atoms with Crippen LogP contribution in [0.25, 0.3) is 28.4 Å². The Kier molecular flexibility index (Phi) is 3.31. The summed E-state index contributed by atoms with van der Waals surface area (Å²) in [5.41, 5.74) is 6.98. The number of carbonyl (C=O) groups is 1. The van der Waals surface area contributed by atoms with Crippen LogP contribution in [0.5, 0.6) is 11.5 Å². The molecule has 0 unspecified atom stereocenters. The van der Waals surface area contributed by atoms with Gasteiger partial charge in [-0.05, 0) is 48.5 Å². The minimum atomic E-state index is -0.582. The Labute approximate surface area is 125 Å². The number of hydrogen-bond acceptors (Lipinski definition) is 4. The van der Waals surface area contributed by atoms with Crippen LogP contribution in [-0.4, -0.2) is 16.1 Å². The van der Waals surface area contributed by atoms with E-state index in [1.807, 2.05) is 0 Å². The van der Waals surface area contributed by atoms with Gasteiger partial charge in [0.15, 0.2) is 0 Å². The van der Waals surface area contributed by atoms with E-state index < -0.39 is 5.91 Å². The second-order valence-corrected chi connectivity index (χ2v) is 4.85. The molecule has 0 fully saturated rings. The van der Waals surface area contributed by atoms with Gasteiger partial charge < -0.3 is 20.4 Å². The lowest BCUT2D eigenvalue weighted by Gasteiger charge is -1.98. The van der Waals surface area contributed by atoms with Crippen LogP contribution in [0.2, 0.25) is 0 Å². The zero-order valence-corrected chi connectivity index (χ0v) is 11.5. The number of nitrogens with two attached hydrogens (primary N) is 1. The van der Waals surface area contributed by atoms with Crippen LogP contribution in [0.3, 0.4) is 0 Å². The van der Waals surface area contributed by atoms with Crippen LogP contribution in [0.1, 0.15) is 5.56 Å². The number of amides is 1. The first-order valence-electron chi connectivity index (χ1n) is 6.56. The smallest absolute Gasteiger partial charge is 0.241 e. The van der Waals surface area contributed by atoms with Gasteiger partial charge in [-0.25, -0.2) is 0 Å². The van der Waals surface area contributed by atoms with E-state index in [1.165, 1.54) is 18.2 Å². The Morgan fingerprint density at radius 1 is 1.05 bits per heavy atom. The van der Waals surface area contributed by atoms with Crippen molar-refractivity contribution in [1.82, 2.24) is 0 Å². The number of hydrogen-bond donors (Lipinski definition) is 3. The molecule has 0 spiro atoms. The van der Waals surface area contributed by atoms with E-state index in [2.05, 4.69) is 0 Å². The van der Waals surface area contributed by atoms with Crippen LogP contribution < -0.4 is 5.73 Å². The van der Waals surface area contributed by atoms with E-state index in [-0.39, 0.29) is 11.5 Å². The van der Waals surface area contributed by atoms with Crippen molar-refractivity contribution in [3.63, 3.8) is 0 Å². The van der Waals surface area contributed by atoms with Crippen molar-refractivity contribution in [1.29, 1.82) is 0 Å². The molecule has 0 saturated carbocycles. The first-order chi connectivity index (χ1) is 10.5. The normalized spacial score (nSPS) is 11.3. The lowest BCUT2D eigenvalue weighted by Crippen LogP contribution is -2.05. The van der Waals surface area contributed by atoms with E-state index in [0.717, 1.165) is 5.56 Å². The molecule has 5 heteroatoms. The molecule has 0 atom stereocenters. The van der Waals surface area contributed by atoms with Gasteiger partial charge >= 0.3 is 0 Å². The molecule has 3 aromatic rings. The van der Waals surface area contributed by atoms with Gasteiger partial charge in [-0.15, -0.1) is 0 Å². The number of furan rings is 1. The molecular weight excluding hydrogens is 282 g/mol. The number of primary amides is 1. The van der Waals surface area contributed by atoms with Gasteiger partial charge in [0.2, 0.25) is 5.91 Å². The summed E-state index contributed by atoms with van der Waals surface area (Å²) in [7, 11) is 0. The summed E-state index contributed by atoms with van der Waals surface area (Å²) in [6, 6.07) is 11.4. The fourth-order valence-corrected chi connectivity index (χ4v) is 2.23. The first kappa shape index (κ1) is 13.8. The molecule has 22 heavy (non-hydrogen) atoms. The van der Waals surface area contributed by atoms with Crippen molar-refractivity contribution in [3.05, 3.63) is 54.1 Å². The minimum absolute atomic E-state index is 0.0645. The molecule has 4 N–H and O–H groups in total. The van der Waals surface area contributed by atoms with E-state index in [1.54, 1.807) is 36.4 Å². The molecular formula is C17H13NO4. The predicted octanol–water partition coefficient (Wildman–Crippen LogP) is 3.01.